The minimum absolute atomic E-state index is 0.422. The summed E-state index contributed by atoms with van der Waals surface area (Å²) in [5.41, 5.74) is 17.0. The summed E-state index contributed by atoms with van der Waals surface area (Å²) in [6.07, 6.45) is 4.48. The van der Waals surface area contributed by atoms with Gasteiger partial charge in [0.25, 0.3) is 0 Å². The van der Waals surface area contributed by atoms with Gasteiger partial charge in [0, 0.05) is 17.4 Å². The fraction of sp³-hybridized carbons (Fsp3) is 0.250. The van der Waals surface area contributed by atoms with E-state index in [4.69, 9.17) is 5.73 Å². The van der Waals surface area contributed by atoms with E-state index in [9.17, 15) is 0 Å². The predicted octanol–water partition coefficient (Wildman–Crippen LogP) is 8.82. The van der Waals surface area contributed by atoms with Crippen molar-refractivity contribution in [1.82, 2.24) is 0 Å². The summed E-state index contributed by atoms with van der Waals surface area (Å²) < 4.78 is 0. The molecule has 0 saturated heterocycles. The van der Waals surface area contributed by atoms with Crippen LogP contribution in [0.25, 0.3) is 33.4 Å². The maximum absolute atomic E-state index is 6.00. The van der Waals surface area contributed by atoms with E-state index in [0.29, 0.717) is 6.04 Å². The van der Waals surface area contributed by atoms with Crippen LogP contribution in [0.5, 0.6) is 0 Å². The summed E-state index contributed by atoms with van der Waals surface area (Å²) >= 11 is 0. The van der Waals surface area contributed by atoms with Crippen molar-refractivity contribution in [3.05, 3.63) is 96.6 Å². The van der Waals surface area contributed by atoms with Crippen LogP contribution in [-0.2, 0) is 6.42 Å². The Kier molecular flexibility index (Phi) is 7.69. The first-order valence-electron chi connectivity index (χ1n) is 12.5. The molecule has 2 nitrogen and oxygen atoms in total. The molecule has 0 spiro atoms. The molecule has 2 heteroatoms. The minimum atomic E-state index is 0.422. The summed E-state index contributed by atoms with van der Waals surface area (Å²) in [7, 11) is 0. The molecule has 0 bridgehead atoms. The zero-order valence-electron chi connectivity index (χ0n) is 20.6. The number of nitrogens with one attached hydrogen (secondary N) is 1. The van der Waals surface area contributed by atoms with Crippen LogP contribution in [0.15, 0.2) is 91.0 Å². The van der Waals surface area contributed by atoms with Crippen LogP contribution >= 0.6 is 0 Å². The van der Waals surface area contributed by atoms with Crippen LogP contribution in [0, 0.1) is 0 Å². The average Bonchev–Trinajstić information content (AvgIpc) is 2.88. The van der Waals surface area contributed by atoms with Gasteiger partial charge < -0.3 is 11.1 Å². The molecule has 34 heavy (non-hydrogen) atoms. The monoisotopic (exact) mass is 448 g/mol. The van der Waals surface area contributed by atoms with Gasteiger partial charge in [-0.1, -0.05) is 87.0 Å². The van der Waals surface area contributed by atoms with E-state index in [1.165, 1.54) is 51.8 Å². The molecule has 0 aliphatic carbocycles. The summed E-state index contributed by atoms with van der Waals surface area (Å²) in [5.74, 6) is 0. The molecular formula is C32H36N2. The van der Waals surface area contributed by atoms with Crippen LogP contribution in [-0.4, -0.2) is 6.04 Å². The van der Waals surface area contributed by atoms with Gasteiger partial charge in [0.15, 0.2) is 0 Å². The molecular weight excluding hydrogens is 412 g/mol. The van der Waals surface area contributed by atoms with Crippen molar-refractivity contribution in [3.63, 3.8) is 0 Å². The number of benzene rings is 4. The molecule has 0 fully saturated rings. The Morgan fingerprint density at radius 1 is 0.706 bits per heavy atom. The predicted molar refractivity (Wildman–Crippen MR) is 149 cm³/mol. The highest BCUT2D eigenvalue weighted by molar-refractivity contribution is 5.90. The third-order valence-corrected chi connectivity index (χ3v) is 6.60. The van der Waals surface area contributed by atoms with Crippen molar-refractivity contribution in [3.8, 4) is 33.4 Å². The second-order valence-electron chi connectivity index (χ2n) is 9.14. The molecule has 4 aromatic carbocycles. The molecule has 4 aromatic rings. The first-order chi connectivity index (χ1) is 16.6. The quantitative estimate of drug-likeness (QED) is 0.251. The Bertz CT molecular complexity index is 1210. The lowest BCUT2D eigenvalue weighted by molar-refractivity contribution is 0.764. The third kappa shape index (κ3) is 5.34. The highest BCUT2D eigenvalue weighted by Crippen LogP contribution is 2.40. The zero-order chi connectivity index (χ0) is 23.9. The summed E-state index contributed by atoms with van der Waals surface area (Å²) in [5, 5.41) is 3.68. The normalized spacial score (nSPS) is 11.9. The number of nitrogen functional groups attached to an aromatic ring is 1. The molecule has 1 unspecified atom stereocenters. The maximum Gasteiger partial charge on any atom is 0.0348 e. The van der Waals surface area contributed by atoms with Crippen molar-refractivity contribution in [2.45, 2.75) is 52.5 Å². The molecule has 0 aromatic heterocycles. The standard InChI is InChI=1S/C32H36N2/c1-4-6-13-30-28(24-11-8-7-9-12-24)14-10-15-31(30)32-22-27(34-23(3)5-2)20-21-29(32)25-16-18-26(33)19-17-25/h7-12,14-23,34H,4-6,13,33H2,1-3H3. The lowest BCUT2D eigenvalue weighted by atomic mass is 9.85. The molecule has 0 aliphatic heterocycles. The zero-order valence-corrected chi connectivity index (χ0v) is 20.6. The number of rotatable bonds is 9. The Morgan fingerprint density at radius 2 is 1.41 bits per heavy atom. The molecule has 0 radical (unpaired) electrons. The second-order valence-corrected chi connectivity index (χ2v) is 9.14. The van der Waals surface area contributed by atoms with Crippen molar-refractivity contribution in [2.24, 2.45) is 0 Å². The fourth-order valence-electron chi connectivity index (χ4n) is 4.51. The van der Waals surface area contributed by atoms with Crippen molar-refractivity contribution < 1.29 is 0 Å². The smallest absolute Gasteiger partial charge is 0.0348 e. The Labute approximate surface area is 204 Å². The number of unbranched alkanes of at least 4 members (excludes halogenated alkanes) is 1. The lowest BCUT2D eigenvalue weighted by Crippen LogP contribution is -2.13. The first kappa shape index (κ1) is 23.6. The third-order valence-electron chi connectivity index (χ3n) is 6.60. The molecule has 0 aliphatic rings. The van der Waals surface area contributed by atoms with Gasteiger partial charge in [0.2, 0.25) is 0 Å². The summed E-state index contributed by atoms with van der Waals surface area (Å²) in [6.45, 7) is 6.71. The van der Waals surface area contributed by atoms with E-state index in [1.54, 1.807) is 0 Å². The van der Waals surface area contributed by atoms with Crippen LogP contribution in [0.3, 0.4) is 0 Å². The fourth-order valence-corrected chi connectivity index (χ4v) is 4.51. The van der Waals surface area contributed by atoms with Crippen LogP contribution in [0.1, 0.15) is 45.6 Å². The highest BCUT2D eigenvalue weighted by atomic mass is 14.9. The van der Waals surface area contributed by atoms with E-state index < -0.39 is 0 Å². The van der Waals surface area contributed by atoms with Gasteiger partial charge in [-0.2, -0.15) is 0 Å². The van der Waals surface area contributed by atoms with Gasteiger partial charge in [-0.05, 0) is 89.4 Å². The van der Waals surface area contributed by atoms with Gasteiger partial charge in [-0.3, -0.25) is 0 Å². The number of hydrogen-bond acceptors (Lipinski definition) is 2. The van der Waals surface area contributed by atoms with Gasteiger partial charge in [-0.25, -0.2) is 0 Å². The molecule has 4 rings (SSSR count). The molecule has 174 valence electrons. The topological polar surface area (TPSA) is 38.0 Å². The van der Waals surface area contributed by atoms with Crippen LogP contribution in [0.4, 0.5) is 11.4 Å². The van der Waals surface area contributed by atoms with E-state index >= 15 is 0 Å². The Morgan fingerprint density at radius 3 is 2.12 bits per heavy atom. The largest absolute Gasteiger partial charge is 0.399 e. The maximum atomic E-state index is 6.00. The van der Waals surface area contributed by atoms with Crippen molar-refractivity contribution in [1.29, 1.82) is 0 Å². The van der Waals surface area contributed by atoms with Crippen LogP contribution < -0.4 is 11.1 Å². The van der Waals surface area contributed by atoms with Gasteiger partial charge in [0.05, 0.1) is 0 Å². The molecule has 0 saturated carbocycles. The van der Waals surface area contributed by atoms with Gasteiger partial charge >= 0.3 is 0 Å². The van der Waals surface area contributed by atoms with E-state index in [1.807, 2.05) is 12.1 Å². The van der Waals surface area contributed by atoms with E-state index in [-0.39, 0.29) is 0 Å². The van der Waals surface area contributed by atoms with Gasteiger partial charge in [-0.15, -0.1) is 0 Å². The lowest BCUT2D eigenvalue weighted by Gasteiger charge is -2.21. The summed E-state index contributed by atoms with van der Waals surface area (Å²) in [6, 6.07) is 33.0. The van der Waals surface area contributed by atoms with Crippen molar-refractivity contribution in [2.75, 3.05) is 11.1 Å². The number of nitrogens with two attached hydrogens (primary N) is 1. The number of anilines is 2. The second kappa shape index (κ2) is 11.1. The molecule has 3 N–H and O–H groups in total. The highest BCUT2D eigenvalue weighted by Gasteiger charge is 2.16. The first-order valence-corrected chi connectivity index (χ1v) is 12.5. The van der Waals surface area contributed by atoms with Crippen LogP contribution in [0.2, 0.25) is 0 Å². The minimum Gasteiger partial charge on any atom is -0.399 e. The van der Waals surface area contributed by atoms with E-state index in [0.717, 1.165) is 24.2 Å². The molecule has 1 atom stereocenters. The van der Waals surface area contributed by atoms with E-state index in [2.05, 4.69) is 105 Å². The SMILES string of the molecule is CCCCc1c(-c2ccccc2)cccc1-c1cc(NC(C)CC)ccc1-c1ccc(N)cc1. The summed E-state index contributed by atoms with van der Waals surface area (Å²) in [4.78, 5) is 0. The molecule has 0 amide bonds. The van der Waals surface area contributed by atoms with Crippen molar-refractivity contribution >= 4 is 11.4 Å². The van der Waals surface area contributed by atoms with Gasteiger partial charge in [0.1, 0.15) is 0 Å². The Hall–Kier alpha value is -3.52. The Balaban J connectivity index is 1.93. The number of hydrogen-bond donors (Lipinski definition) is 2. The average molecular weight is 449 g/mol. The molecule has 0 heterocycles.